The highest BCUT2D eigenvalue weighted by Gasteiger charge is 2.33. The first kappa shape index (κ1) is 14.4. The highest BCUT2D eigenvalue weighted by atomic mass is 16.7. The fraction of sp³-hybridized carbons (Fsp3) is 0.917. The Morgan fingerprint density at radius 2 is 2.00 bits per heavy atom. The molecule has 1 atom stereocenters. The number of carbonyl (C=O) groups excluding carboxylic acids is 1. The van der Waals surface area contributed by atoms with E-state index in [4.69, 9.17) is 14.2 Å². The average molecular weight is 245 g/mol. The molecule has 100 valence electrons. The van der Waals surface area contributed by atoms with E-state index in [0.29, 0.717) is 19.8 Å². The van der Waals surface area contributed by atoms with E-state index in [2.05, 4.69) is 4.90 Å². The van der Waals surface area contributed by atoms with Gasteiger partial charge in [-0.3, -0.25) is 9.69 Å². The Morgan fingerprint density at radius 3 is 2.53 bits per heavy atom. The van der Waals surface area contributed by atoms with Crippen molar-refractivity contribution >= 4 is 5.97 Å². The third-order valence-electron chi connectivity index (χ3n) is 2.93. The maximum atomic E-state index is 11.6. The van der Waals surface area contributed by atoms with Gasteiger partial charge in [0.05, 0.1) is 13.7 Å². The fourth-order valence-corrected chi connectivity index (χ4v) is 2.16. The molecule has 17 heavy (non-hydrogen) atoms. The van der Waals surface area contributed by atoms with E-state index < -0.39 is 0 Å². The number of carbonyl (C=O) groups is 1. The number of likely N-dealkylation sites (tertiary alicyclic amines) is 1. The molecule has 1 aliphatic heterocycles. The quantitative estimate of drug-likeness (QED) is 0.495. The van der Waals surface area contributed by atoms with Gasteiger partial charge < -0.3 is 14.2 Å². The van der Waals surface area contributed by atoms with Crippen LogP contribution in [0.15, 0.2) is 0 Å². The van der Waals surface area contributed by atoms with Crippen LogP contribution in [0.5, 0.6) is 0 Å². The third-order valence-corrected chi connectivity index (χ3v) is 2.93. The second kappa shape index (κ2) is 7.63. The van der Waals surface area contributed by atoms with Gasteiger partial charge in [-0.25, -0.2) is 0 Å². The summed E-state index contributed by atoms with van der Waals surface area (Å²) in [5, 5.41) is 0. The lowest BCUT2D eigenvalue weighted by Crippen LogP contribution is -2.42. The SMILES string of the molecule is CCOC(CN1CCCC1C(=O)OC)OCC. The number of nitrogens with zero attached hydrogens (tertiary/aromatic N) is 1. The normalized spacial score (nSPS) is 21.1. The van der Waals surface area contributed by atoms with Gasteiger partial charge in [0.1, 0.15) is 6.04 Å². The predicted molar refractivity (Wildman–Crippen MR) is 63.7 cm³/mol. The van der Waals surface area contributed by atoms with Gasteiger partial charge in [-0.2, -0.15) is 0 Å². The van der Waals surface area contributed by atoms with Crippen LogP contribution < -0.4 is 0 Å². The van der Waals surface area contributed by atoms with Crippen molar-refractivity contribution in [2.45, 2.75) is 39.0 Å². The van der Waals surface area contributed by atoms with Crippen LogP contribution in [-0.4, -0.2) is 56.6 Å². The molecular formula is C12H23NO4. The molecule has 1 saturated heterocycles. The molecule has 5 nitrogen and oxygen atoms in total. The Hall–Kier alpha value is -0.650. The largest absolute Gasteiger partial charge is 0.468 e. The Kier molecular flexibility index (Phi) is 6.47. The fourth-order valence-electron chi connectivity index (χ4n) is 2.16. The molecule has 1 fully saturated rings. The molecule has 0 spiro atoms. The van der Waals surface area contributed by atoms with Crippen molar-refractivity contribution in [1.29, 1.82) is 0 Å². The summed E-state index contributed by atoms with van der Waals surface area (Å²) < 4.78 is 15.8. The summed E-state index contributed by atoms with van der Waals surface area (Å²) in [5.74, 6) is -0.158. The summed E-state index contributed by atoms with van der Waals surface area (Å²) in [5.41, 5.74) is 0. The molecule has 0 aromatic carbocycles. The summed E-state index contributed by atoms with van der Waals surface area (Å²) in [7, 11) is 1.43. The molecule has 0 amide bonds. The predicted octanol–water partition coefficient (Wildman–Crippen LogP) is 1.02. The zero-order chi connectivity index (χ0) is 12.7. The number of methoxy groups -OCH3 is 1. The highest BCUT2D eigenvalue weighted by Crippen LogP contribution is 2.19. The Balaban J connectivity index is 2.49. The second-order valence-electron chi connectivity index (χ2n) is 4.02. The van der Waals surface area contributed by atoms with E-state index >= 15 is 0 Å². The van der Waals surface area contributed by atoms with Crippen LogP contribution in [-0.2, 0) is 19.0 Å². The summed E-state index contributed by atoms with van der Waals surface area (Å²) >= 11 is 0. The van der Waals surface area contributed by atoms with Crippen LogP contribution in [0.2, 0.25) is 0 Å². The van der Waals surface area contributed by atoms with E-state index in [-0.39, 0.29) is 18.3 Å². The lowest BCUT2D eigenvalue weighted by atomic mass is 10.2. The number of ether oxygens (including phenoxy) is 3. The standard InChI is InChI=1S/C12H23NO4/c1-4-16-11(17-5-2)9-13-8-6-7-10(13)12(14)15-3/h10-11H,4-9H2,1-3H3. The van der Waals surface area contributed by atoms with Crippen molar-refractivity contribution in [3.8, 4) is 0 Å². The molecule has 0 bridgehead atoms. The van der Waals surface area contributed by atoms with Crippen LogP contribution in [0.25, 0.3) is 0 Å². The van der Waals surface area contributed by atoms with E-state index in [1.165, 1.54) is 7.11 Å². The first-order chi connectivity index (χ1) is 8.22. The van der Waals surface area contributed by atoms with Crippen molar-refractivity contribution in [3.05, 3.63) is 0 Å². The zero-order valence-electron chi connectivity index (χ0n) is 11.0. The smallest absolute Gasteiger partial charge is 0.323 e. The van der Waals surface area contributed by atoms with E-state index in [1.54, 1.807) is 0 Å². The molecule has 1 aliphatic rings. The third kappa shape index (κ3) is 4.26. The van der Waals surface area contributed by atoms with Crippen molar-refractivity contribution < 1.29 is 19.0 Å². The van der Waals surface area contributed by atoms with Crippen molar-refractivity contribution in [2.24, 2.45) is 0 Å². The number of esters is 1. The maximum Gasteiger partial charge on any atom is 0.323 e. The first-order valence-corrected chi connectivity index (χ1v) is 6.28. The maximum absolute atomic E-state index is 11.6. The van der Waals surface area contributed by atoms with Crippen molar-refractivity contribution in [1.82, 2.24) is 4.90 Å². The van der Waals surface area contributed by atoms with Gasteiger partial charge in [-0.05, 0) is 33.2 Å². The Bertz CT molecular complexity index is 229. The van der Waals surface area contributed by atoms with Crippen molar-refractivity contribution in [2.75, 3.05) is 33.4 Å². The van der Waals surface area contributed by atoms with Gasteiger partial charge in [-0.1, -0.05) is 0 Å². The molecule has 1 rings (SSSR count). The lowest BCUT2D eigenvalue weighted by Gasteiger charge is -2.27. The molecule has 0 aromatic heterocycles. The van der Waals surface area contributed by atoms with Gasteiger partial charge in [0, 0.05) is 13.2 Å². The summed E-state index contributed by atoms with van der Waals surface area (Å²) in [6.45, 7) is 6.63. The van der Waals surface area contributed by atoms with E-state index in [9.17, 15) is 4.79 Å². The Labute approximate surface area is 103 Å². The minimum Gasteiger partial charge on any atom is -0.468 e. The number of hydrogen-bond acceptors (Lipinski definition) is 5. The molecule has 0 aromatic rings. The van der Waals surface area contributed by atoms with Gasteiger partial charge in [0.15, 0.2) is 6.29 Å². The number of rotatable bonds is 7. The topological polar surface area (TPSA) is 48.0 Å². The summed E-state index contributed by atoms with van der Waals surface area (Å²) in [6.07, 6.45) is 1.62. The van der Waals surface area contributed by atoms with Crippen LogP contribution >= 0.6 is 0 Å². The molecule has 1 heterocycles. The molecule has 5 heteroatoms. The van der Waals surface area contributed by atoms with E-state index in [0.717, 1.165) is 19.4 Å². The van der Waals surface area contributed by atoms with Crippen LogP contribution in [0.4, 0.5) is 0 Å². The van der Waals surface area contributed by atoms with Gasteiger partial charge >= 0.3 is 5.97 Å². The highest BCUT2D eigenvalue weighted by molar-refractivity contribution is 5.75. The second-order valence-corrected chi connectivity index (χ2v) is 4.02. The lowest BCUT2D eigenvalue weighted by molar-refractivity contribution is -0.158. The molecule has 1 unspecified atom stereocenters. The Morgan fingerprint density at radius 1 is 1.35 bits per heavy atom. The van der Waals surface area contributed by atoms with E-state index in [1.807, 2.05) is 13.8 Å². The van der Waals surface area contributed by atoms with Gasteiger partial charge in [0.2, 0.25) is 0 Å². The molecule has 0 aliphatic carbocycles. The van der Waals surface area contributed by atoms with Crippen molar-refractivity contribution in [3.63, 3.8) is 0 Å². The van der Waals surface area contributed by atoms with Crippen LogP contribution in [0.3, 0.4) is 0 Å². The molecular weight excluding hydrogens is 222 g/mol. The van der Waals surface area contributed by atoms with Gasteiger partial charge in [-0.15, -0.1) is 0 Å². The molecule has 0 saturated carbocycles. The minimum atomic E-state index is -0.254. The molecule has 0 radical (unpaired) electrons. The first-order valence-electron chi connectivity index (χ1n) is 6.28. The summed E-state index contributed by atoms with van der Waals surface area (Å²) in [4.78, 5) is 13.7. The zero-order valence-corrected chi connectivity index (χ0v) is 11.0. The van der Waals surface area contributed by atoms with Crippen LogP contribution in [0, 0.1) is 0 Å². The van der Waals surface area contributed by atoms with Crippen LogP contribution in [0.1, 0.15) is 26.7 Å². The average Bonchev–Trinajstić information content (AvgIpc) is 2.77. The molecule has 0 N–H and O–H groups in total. The van der Waals surface area contributed by atoms with Gasteiger partial charge in [0.25, 0.3) is 0 Å². The monoisotopic (exact) mass is 245 g/mol. The minimum absolute atomic E-state index is 0.136. The number of hydrogen-bond donors (Lipinski definition) is 0. The summed E-state index contributed by atoms with van der Waals surface area (Å²) in [6, 6.07) is -0.136.